The molecule has 5 aromatic rings. The van der Waals surface area contributed by atoms with Crippen molar-refractivity contribution in [1.82, 2.24) is 4.98 Å². The molecule has 0 unspecified atom stereocenters. The van der Waals surface area contributed by atoms with Crippen molar-refractivity contribution < 1.29 is 43.7 Å². The van der Waals surface area contributed by atoms with Gasteiger partial charge in [0.25, 0.3) is 16.0 Å². The zero-order valence-corrected chi connectivity index (χ0v) is 24.1. The zero-order valence-electron chi connectivity index (χ0n) is 20.3. The van der Waals surface area contributed by atoms with Crippen LogP contribution in [0.4, 0.5) is 5.13 Å². The summed E-state index contributed by atoms with van der Waals surface area (Å²) in [6.45, 7) is 1.90. The highest BCUT2D eigenvalue weighted by Crippen LogP contribution is 2.29. The Labute approximate surface area is 234 Å². The number of amides is 1. The third-order valence-corrected chi connectivity index (χ3v) is 10.1. The first-order valence-corrected chi connectivity index (χ1v) is 15.8. The SMILES string of the molecule is COc1ccc2nc(NC(=O)c3cccc([I+]c4cccc(-c5cc(S(=O)(=O)O)ccc5C)c4)c3)sc2c1. The molecule has 1 aromatic heterocycles. The van der Waals surface area contributed by atoms with Gasteiger partial charge in [-0.1, -0.05) is 35.6 Å². The molecule has 0 aliphatic heterocycles. The molecule has 5 rings (SSSR count). The Bertz CT molecular complexity index is 1780. The fraction of sp³-hybridized carbons (Fsp3) is 0.0714. The second-order valence-corrected chi connectivity index (χ2v) is 13.9. The van der Waals surface area contributed by atoms with Gasteiger partial charge in [-0.2, -0.15) is 8.42 Å². The molecular formula is C28H22IN2O5S2+. The molecule has 1 heterocycles. The van der Waals surface area contributed by atoms with Crippen molar-refractivity contribution >= 4 is 42.7 Å². The van der Waals surface area contributed by atoms with E-state index in [0.717, 1.165) is 39.8 Å². The maximum absolute atomic E-state index is 13.0. The molecule has 0 atom stereocenters. The van der Waals surface area contributed by atoms with Crippen molar-refractivity contribution in [1.29, 1.82) is 0 Å². The highest BCUT2D eigenvalue weighted by Gasteiger charge is 2.20. The summed E-state index contributed by atoms with van der Waals surface area (Å²) in [4.78, 5) is 17.3. The molecule has 0 spiro atoms. The van der Waals surface area contributed by atoms with Crippen LogP contribution in [0.15, 0.2) is 89.8 Å². The lowest BCUT2D eigenvalue weighted by atomic mass is 10.0. The van der Waals surface area contributed by atoms with Crippen LogP contribution >= 0.6 is 11.3 Å². The predicted octanol–water partition coefficient (Wildman–Crippen LogP) is 2.91. The molecule has 2 N–H and O–H groups in total. The average molecular weight is 658 g/mol. The van der Waals surface area contributed by atoms with Gasteiger partial charge in [0, 0.05) is 11.6 Å². The fourth-order valence-electron chi connectivity index (χ4n) is 3.86. The number of nitrogens with zero attached hydrogens (tertiary/aromatic N) is 1. The summed E-state index contributed by atoms with van der Waals surface area (Å²) in [5, 5.41) is 3.42. The van der Waals surface area contributed by atoms with E-state index in [2.05, 4.69) is 10.3 Å². The number of aryl methyl sites for hydroxylation is 1. The van der Waals surface area contributed by atoms with E-state index in [-0.39, 0.29) is 10.8 Å². The van der Waals surface area contributed by atoms with Crippen LogP contribution in [-0.4, -0.2) is 31.0 Å². The van der Waals surface area contributed by atoms with E-state index in [1.165, 1.54) is 23.5 Å². The van der Waals surface area contributed by atoms with E-state index in [0.29, 0.717) is 10.7 Å². The molecule has 0 radical (unpaired) electrons. The standard InChI is InChI=1S/C28H21IN2O5S2/c1-17-9-11-23(38(33,34)35)16-24(17)18-5-3-7-20(13-18)29-21-8-4-6-19(14-21)27(32)31-28-30-25-12-10-22(36-2)15-26(25)37-28/h3-16H,1-2H3,(H-,30,31,32,33,34,35)/p+1. The van der Waals surface area contributed by atoms with Crippen LogP contribution in [0.1, 0.15) is 15.9 Å². The Hall–Kier alpha value is -3.32. The maximum atomic E-state index is 13.0. The summed E-state index contributed by atoms with van der Waals surface area (Å²) < 4.78 is 41.1. The van der Waals surface area contributed by atoms with E-state index in [9.17, 15) is 17.8 Å². The van der Waals surface area contributed by atoms with Gasteiger partial charge in [0.15, 0.2) is 12.3 Å². The number of anilines is 1. The number of rotatable bonds is 7. The Kier molecular flexibility index (Phi) is 7.48. The number of thiazole rings is 1. The Morgan fingerprint density at radius 3 is 2.50 bits per heavy atom. The van der Waals surface area contributed by atoms with Crippen molar-refractivity contribution in [3.05, 3.63) is 103 Å². The number of carbonyl (C=O) groups is 1. The summed E-state index contributed by atoms with van der Waals surface area (Å²) in [5.41, 5.74) is 3.86. The second-order valence-electron chi connectivity index (χ2n) is 8.37. The topological polar surface area (TPSA) is 106 Å². The van der Waals surface area contributed by atoms with Crippen molar-refractivity contribution in [2.45, 2.75) is 11.8 Å². The highest BCUT2D eigenvalue weighted by atomic mass is 127. The van der Waals surface area contributed by atoms with Crippen molar-refractivity contribution in [3.8, 4) is 16.9 Å². The quantitative estimate of drug-likeness (QED) is 0.206. The van der Waals surface area contributed by atoms with Crippen LogP contribution in [0, 0.1) is 14.1 Å². The highest BCUT2D eigenvalue weighted by molar-refractivity contribution is 7.85. The van der Waals surface area contributed by atoms with Crippen LogP contribution in [0.3, 0.4) is 0 Å². The van der Waals surface area contributed by atoms with E-state index < -0.39 is 31.3 Å². The first kappa shape index (κ1) is 26.3. The van der Waals surface area contributed by atoms with E-state index in [4.69, 9.17) is 4.74 Å². The Morgan fingerprint density at radius 1 is 0.974 bits per heavy atom. The second kappa shape index (κ2) is 10.8. The number of nitrogens with one attached hydrogen (secondary N) is 1. The number of aromatic nitrogens is 1. The Morgan fingerprint density at radius 2 is 1.74 bits per heavy atom. The maximum Gasteiger partial charge on any atom is 0.357 e. The lowest BCUT2D eigenvalue weighted by molar-refractivity contribution is -0.597. The van der Waals surface area contributed by atoms with E-state index in [1.807, 2.05) is 67.6 Å². The molecule has 4 aromatic carbocycles. The number of benzene rings is 4. The van der Waals surface area contributed by atoms with Crippen molar-refractivity contribution in [3.63, 3.8) is 0 Å². The molecule has 1 amide bonds. The minimum Gasteiger partial charge on any atom is -0.497 e. The molecule has 7 nitrogen and oxygen atoms in total. The summed E-state index contributed by atoms with van der Waals surface area (Å²) in [7, 11) is -2.69. The van der Waals surface area contributed by atoms with Gasteiger partial charge in [-0.25, -0.2) is 4.98 Å². The molecular weight excluding hydrogens is 635 g/mol. The third-order valence-electron chi connectivity index (χ3n) is 5.76. The molecule has 38 heavy (non-hydrogen) atoms. The molecule has 10 heteroatoms. The number of fused-ring (bicyclic) bond motifs is 1. The molecule has 192 valence electrons. The van der Waals surface area contributed by atoms with Gasteiger partial charge >= 0.3 is 21.2 Å². The zero-order chi connectivity index (χ0) is 26.9. The first-order valence-electron chi connectivity index (χ1n) is 11.4. The van der Waals surface area contributed by atoms with Crippen LogP contribution in [0.2, 0.25) is 0 Å². The summed E-state index contributed by atoms with van der Waals surface area (Å²) in [6.07, 6.45) is 0. The van der Waals surface area contributed by atoms with Crippen LogP contribution in [-0.2, 0) is 10.1 Å². The van der Waals surface area contributed by atoms with Gasteiger partial charge < -0.3 is 4.74 Å². The number of halogens is 1. The molecule has 0 bridgehead atoms. The van der Waals surface area contributed by atoms with Crippen LogP contribution in [0.5, 0.6) is 5.75 Å². The van der Waals surface area contributed by atoms with Crippen molar-refractivity contribution in [2.24, 2.45) is 0 Å². The van der Waals surface area contributed by atoms with Crippen molar-refractivity contribution in [2.75, 3.05) is 12.4 Å². The molecule has 0 aliphatic carbocycles. The number of hydrogen-bond donors (Lipinski definition) is 2. The Balaban J connectivity index is 1.35. The van der Waals surface area contributed by atoms with Gasteiger partial charge in [0.1, 0.15) is 5.75 Å². The normalized spacial score (nSPS) is 11.4. The smallest absolute Gasteiger partial charge is 0.357 e. The average Bonchev–Trinajstić information content (AvgIpc) is 3.30. The van der Waals surface area contributed by atoms with Crippen LogP contribution < -0.4 is 31.3 Å². The van der Waals surface area contributed by atoms with Crippen LogP contribution in [0.25, 0.3) is 21.3 Å². The van der Waals surface area contributed by atoms with Gasteiger partial charge in [0.05, 0.1) is 22.2 Å². The minimum absolute atomic E-state index is 0.135. The van der Waals surface area contributed by atoms with E-state index >= 15 is 0 Å². The monoisotopic (exact) mass is 657 g/mol. The van der Waals surface area contributed by atoms with E-state index in [1.54, 1.807) is 19.2 Å². The minimum atomic E-state index is -4.30. The largest absolute Gasteiger partial charge is 0.497 e. The molecule has 0 aliphatic rings. The lowest BCUT2D eigenvalue weighted by Crippen LogP contribution is -3.61. The predicted molar refractivity (Wildman–Crippen MR) is 144 cm³/mol. The molecule has 0 saturated heterocycles. The summed E-state index contributed by atoms with van der Waals surface area (Å²) >= 11 is 0.769. The number of carbonyl (C=O) groups excluding carboxylic acids is 1. The number of hydrogen-bond acceptors (Lipinski definition) is 6. The molecule has 0 fully saturated rings. The van der Waals surface area contributed by atoms with Gasteiger partial charge in [0.2, 0.25) is 0 Å². The fourth-order valence-corrected chi connectivity index (χ4v) is 7.73. The van der Waals surface area contributed by atoms with Gasteiger partial charge in [-0.05, 0) is 78.2 Å². The third kappa shape index (κ3) is 5.88. The summed E-state index contributed by atoms with van der Waals surface area (Å²) in [6, 6.07) is 25.6. The molecule has 0 saturated carbocycles. The number of methoxy groups -OCH3 is 1. The van der Waals surface area contributed by atoms with Gasteiger partial charge in [-0.15, -0.1) is 0 Å². The number of ether oxygens (including phenoxy) is 1. The van der Waals surface area contributed by atoms with Gasteiger partial charge in [-0.3, -0.25) is 14.7 Å². The lowest BCUT2D eigenvalue weighted by Gasteiger charge is -2.07. The first-order chi connectivity index (χ1) is 18.2. The summed E-state index contributed by atoms with van der Waals surface area (Å²) in [5.74, 6) is 0.509.